The van der Waals surface area contributed by atoms with Gasteiger partial charge >= 0.3 is 0 Å². The first-order valence-electron chi connectivity index (χ1n) is 6.59. The minimum atomic E-state index is -0.592. The van der Waals surface area contributed by atoms with Crippen molar-refractivity contribution in [2.45, 2.75) is 57.7 Å². The van der Waals surface area contributed by atoms with E-state index < -0.39 is 10.8 Å². The van der Waals surface area contributed by atoms with E-state index in [-0.39, 0.29) is 0 Å². The summed E-state index contributed by atoms with van der Waals surface area (Å²) in [6.07, 6.45) is 4.76. The molecule has 3 heteroatoms. The van der Waals surface area contributed by atoms with Crippen LogP contribution in [0.15, 0.2) is 0 Å². The lowest BCUT2D eigenvalue weighted by molar-refractivity contribution is 0.165. The SMILES string of the molecule is CC(C)(C)C1CCC2NCCCS(=O)C2C1. The summed E-state index contributed by atoms with van der Waals surface area (Å²) in [6, 6.07) is 0.530. The topological polar surface area (TPSA) is 29.1 Å². The third-order valence-corrected chi connectivity index (χ3v) is 6.17. The summed E-state index contributed by atoms with van der Waals surface area (Å²) in [5.74, 6) is 1.66. The van der Waals surface area contributed by atoms with Crippen LogP contribution in [0.3, 0.4) is 0 Å². The monoisotopic (exact) mass is 243 g/mol. The highest BCUT2D eigenvalue weighted by atomic mass is 32.2. The van der Waals surface area contributed by atoms with E-state index >= 15 is 0 Å². The molecule has 1 saturated carbocycles. The van der Waals surface area contributed by atoms with Gasteiger partial charge in [-0.1, -0.05) is 20.8 Å². The van der Waals surface area contributed by atoms with E-state index in [9.17, 15) is 4.21 Å². The van der Waals surface area contributed by atoms with Gasteiger partial charge in [0.05, 0.1) is 5.25 Å². The molecule has 0 aromatic rings. The molecule has 1 N–H and O–H groups in total. The van der Waals surface area contributed by atoms with Crippen molar-refractivity contribution in [2.24, 2.45) is 11.3 Å². The van der Waals surface area contributed by atoms with Crippen LogP contribution in [0.5, 0.6) is 0 Å². The summed E-state index contributed by atoms with van der Waals surface area (Å²) >= 11 is 0. The van der Waals surface area contributed by atoms with Crippen molar-refractivity contribution >= 4 is 10.8 Å². The molecule has 0 bridgehead atoms. The Kier molecular flexibility index (Phi) is 3.75. The summed E-state index contributed by atoms with van der Waals surface area (Å²) < 4.78 is 12.2. The average molecular weight is 243 g/mol. The molecule has 4 atom stereocenters. The fourth-order valence-electron chi connectivity index (χ4n) is 3.09. The Morgan fingerprint density at radius 1 is 1.25 bits per heavy atom. The van der Waals surface area contributed by atoms with E-state index in [1.54, 1.807) is 0 Å². The van der Waals surface area contributed by atoms with Crippen molar-refractivity contribution in [2.75, 3.05) is 12.3 Å². The number of hydrogen-bond donors (Lipinski definition) is 1. The molecule has 94 valence electrons. The number of fused-ring (bicyclic) bond motifs is 1. The Morgan fingerprint density at radius 2 is 2.00 bits per heavy atom. The van der Waals surface area contributed by atoms with Gasteiger partial charge in [-0.2, -0.15) is 0 Å². The van der Waals surface area contributed by atoms with Crippen LogP contribution < -0.4 is 5.32 Å². The molecule has 1 saturated heterocycles. The molecule has 2 fully saturated rings. The van der Waals surface area contributed by atoms with Gasteiger partial charge in [-0.25, -0.2) is 0 Å². The van der Waals surface area contributed by atoms with Crippen LogP contribution in [0.1, 0.15) is 46.5 Å². The molecule has 0 radical (unpaired) electrons. The molecular weight excluding hydrogens is 218 g/mol. The van der Waals surface area contributed by atoms with Crippen LogP contribution in [-0.2, 0) is 10.8 Å². The second-order valence-electron chi connectivity index (χ2n) is 6.41. The molecule has 0 spiro atoms. The van der Waals surface area contributed by atoms with Crippen molar-refractivity contribution in [3.05, 3.63) is 0 Å². The van der Waals surface area contributed by atoms with Gasteiger partial charge in [-0.05, 0) is 43.6 Å². The first-order chi connectivity index (χ1) is 7.48. The largest absolute Gasteiger partial charge is 0.313 e. The molecule has 1 aliphatic carbocycles. The molecule has 4 unspecified atom stereocenters. The second kappa shape index (κ2) is 4.77. The van der Waals surface area contributed by atoms with E-state index in [0.717, 1.165) is 31.1 Å². The summed E-state index contributed by atoms with van der Waals surface area (Å²) in [5.41, 5.74) is 0.376. The lowest BCUT2D eigenvalue weighted by Gasteiger charge is -2.40. The fourth-order valence-corrected chi connectivity index (χ4v) is 4.87. The van der Waals surface area contributed by atoms with Crippen molar-refractivity contribution in [3.63, 3.8) is 0 Å². The Hall–Kier alpha value is 0.110. The summed E-state index contributed by atoms with van der Waals surface area (Å²) in [4.78, 5) is 0. The summed E-state index contributed by atoms with van der Waals surface area (Å²) in [7, 11) is -0.592. The maximum absolute atomic E-state index is 12.2. The van der Waals surface area contributed by atoms with Gasteiger partial charge in [0.25, 0.3) is 0 Å². The quantitative estimate of drug-likeness (QED) is 0.707. The van der Waals surface area contributed by atoms with Gasteiger partial charge < -0.3 is 5.32 Å². The van der Waals surface area contributed by atoms with Crippen LogP contribution in [0.4, 0.5) is 0 Å². The van der Waals surface area contributed by atoms with E-state index in [0.29, 0.717) is 16.7 Å². The minimum absolute atomic E-state index is 0.376. The molecule has 0 amide bonds. The van der Waals surface area contributed by atoms with Gasteiger partial charge in [0, 0.05) is 22.6 Å². The number of hydrogen-bond acceptors (Lipinski definition) is 2. The third kappa shape index (κ3) is 2.67. The Morgan fingerprint density at radius 3 is 2.69 bits per heavy atom. The summed E-state index contributed by atoms with van der Waals surface area (Å²) in [5, 5.41) is 4.01. The zero-order chi connectivity index (χ0) is 11.8. The van der Waals surface area contributed by atoms with Crippen molar-refractivity contribution in [3.8, 4) is 0 Å². The van der Waals surface area contributed by atoms with Crippen molar-refractivity contribution < 1.29 is 4.21 Å². The van der Waals surface area contributed by atoms with Crippen molar-refractivity contribution in [1.29, 1.82) is 0 Å². The second-order valence-corrected chi connectivity index (χ2v) is 8.19. The standard InChI is InChI=1S/C13H25NOS/c1-13(2,3)10-5-6-11-12(9-10)16(15)8-4-7-14-11/h10-12,14H,4-9H2,1-3H3. The van der Waals surface area contributed by atoms with E-state index in [4.69, 9.17) is 0 Å². The zero-order valence-electron chi connectivity index (χ0n) is 10.8. The molecule has 2 rings (SSSR count). The maximum Gasteiger partial charge on any atom is 0.0504 e. The predicted octanol–water partition coefficient (Wildman–Crippen LogP) is 2.31. The normalized spacial score (nSPS) is 41.2. The molecule has 0 aromatic carbocycles. The number of nitrogens with one attached hydrogen (secondary N) is 1. The van der Waals surface area contributed by atoms with E-state index in [2.05, 4.69) is 26.1 Å². The summed E-state index contributed by atoms with van der Waals surface area (Å²) in [6.45, 7) is 8.04. The third-order valence-electron chi connectivity index (χ3n) is 4.28. The first kappa shape index (κ1) is 12.6. The molecule has 0 aromatic heterocycles. The molecule has 2 aliphatic rings. The van der Waals surface area contributed by atoms with Crippen LogP contribution in [0.25, 0.3) is 0 Å². The molecule has 2 nitrogen and oxygen atoms in total. The zero-order valence-corrected chi connectivity index (χ0v) is 11.6. The smallest absolute Gasteiger partial charge is 0.0504 e. The number of rotatable bonds is 0. The van der Waals surface area contributed by atoms with Crippen LogP contribution in [-0.4, -0.2) is 27.8 Å². The van der Waals surface area contributed by atoms with Crippen LogP contribution in [0, 0.1) is 11.3 Å². The van der Waals surface area contributed by atoms with Gasteiger partial charge in [-0.15, -0.1) is 0 Å². The predicted molar refractivity (Wildman–Crippen MR) is 70.0 cm³/mol. The minimum Gasteiger partial charge on any atom is -0.313 e. The highest BCUT2D eigenvalue weighted by Gasteiger charge is 2.39. The Bertz CT molecular complexity index is 272. The van der Waals surface area contributed by atoms with E-state index in [1.165, 1.54) is 12.8 Å². The van der Waals surface area contributed by atoms with Gasteiger partial charge in [-0.3, -0.25) is 4.21 Å². The Balaban J connectivity index is 2.08. The molecule has 1 aliphatic heterocycles. The Labute approximate surface area is 102 Å². The lowest BCUT2D eigenvalue weighted by Crippen LogP contribution is -2.46. The fraction of sp³-hybridized carbons (Fsp3) is 1.00. The van der Waals surface area contributed by atoms with Crippen LogP contribution >= 0.6 is 0 Å². The average Bonchev–Trinajstić information content (AvgIpc) is 2.39. The highest BCUT2D eigenvalue weighted by molar-refractivity contribution is 7.85. The molecule has 16 heavy (non-hydrogen) atoms. The van der Waals surface area contributed by atoms with Gasteiger partial charge in [0.15, 0.2) is 0 Å². The van der Waals surface area contributed by atoms with Gasteiger partial charge in [0.1, 0.15) is 0 Å². The lowest BCUT2D eigenvalue weighted by atomic mass is 9.71. The van der Waals surface area contributed by atoms with Crippen molar-refractivity contribution in [1.82, 2.24) is 5.32 Å². The maximum atomic E-state index is 12.2. The van der Waals surface area contributed by atoms with Crippen LogP contribution in [0.2, 0.25) is 0 Å². The first-order valence-corrected chi connectivity index (χ1v) is 7.97. The molecule has 1 heterocycles. The van der Waals surface area contributed by atoms with E-state index in [1.807, 2.05) is 0 Å². The molecular formula is C13H25NOS. The highest BCUT2D eigenvalue weighted by Crippen LogP contribution is 2.39. The van der Waals surface area contributed by atoms with Gasteiger partial charge in [0.2, 0.25) is 0 Å².